The van der Waals surface area contributed by atoms with Crippen LogP contribution in [0, 0.1) is 6.92 Å². The van der Waals surface area contributed by atoms with Gasteiger partial charge in [0.1, 0.15) is 13.2 Å². The second-order valence-electron chi connectivity index (χ2n) is 5.39. The Kier molecular flexibility index (Phi) is 3.93. The van der Waals surface area contributed by atoms with Crippen LogP contribution in [0.3, 0.4) is 0 Å². The van der Waals surface area contributed by atoms with Crippen molar-refractivity contribution in [3.8, 4) is 0 Å². The van der Waals surface area contributed by atoms with Gasteiger partial charge in [-0.05, 0) is 24.6 Å². The van der Waals surface area contributed by atoms with Crippen molar-refractivity contribution in [2.45, 2.75) is 13.5 Å². The Morgan fingerprint density at radius 3 is 2.65 bits per heavy atom. The first-order valence-corrected chi connectivity index (χ1v) is 7.22. The number of aryl methyl sites for hydroxylation is 1. The monoisotopic (exact) mass is 309 g/mol. The maximum absolute atomic E-state index is 12.0. The van der Waals surface area contributed by atoms with E-state index in [9.17, 15) is 14.4 Å². The number of hydrogen-bond donors (Lipinski definition) is 0. The van der Waals surface area contributed by atoms with E-state index >= 15 is 0 Å². The Hall–Kier alpha value is -2.95. The van der Waals surface area contributed by atoms with Crippen molar-refractivity contribution < 1.29 is 19.1 Å². The molecule has 0 aromatic heterocycles. The van der Waals surface area contributed by atoms with E-state index in [1.165, 1.54) is 0 Å². The molecule has 0 unspecified atom stereocenters. The summed E-state index contributed by atoms with van der Waals surface area (Å²) in [6, 6.07) is 14.3. The van der Waals surface area contributed by atoms with Crippen molar-refractivity contribution in [3.05, 3.63) is 65.2 Å². The summed E-state index contributed by atoms with van der Waals surface area (Å²) in [5, 5.41) is 0. The Labute approximate surface area is 133 Å². The zero-order valence-electron chi connectivity index (χ0n) is 12.6. The molecule has 1 amide bonds. The standard InChI is InChI=1S/C18H15NO4/c1-12-5-4-6-13(9-12)11-23-16(20)10-19-15-8-3-2-7-14(15)17(21)18(19)22/h2-9H,10-11H2,1H3. The van der Waals surface area contributed by atoms with Crippen LogP contribution in [0.5, 0.6) is 0 Å². The van der Waals surface area contributed by atoms with Gasteiger partial charge in [-0.2, -0.15) is 0 Å². The van der Waals surface area contributed by atoms with Crippen LogP contribution in [0.1, 0.15) is 21.5 Å². The number of ketones is 1. The highest BCUT2D eigenvalue weighted by Crippen LogP contribution is 2.28. The summed E-state index contributed by atoms with van der Waals surface area (Å²) >= 11 is 0. The van der Waals surface area contributed by atoms with Crippen molar-refractivity contribution in [1.29, 1.82) is 0 Å². The number of nitrogens with zero attached hydrogens (tertiary/aromatic N) is 1. The maximum Gasteiger partial charge on any atom is 0.326 e. The number of ether oxygens (including phenoxy) is 1. The zero-order chi connectivity index (χ0) is 16.4. The third-order valence-corrected chi connectivity index (χ3v) is 3.65. The fourth-order valence-corrected chi connectivity index (χ4v) is 2.55. The van der Waals surface area contributed by atoms with Crippen LogP contribution >= 0.6 is 0 Å². The predicted octanol–water partition coefficient (Wildman–Crippen LogP) is 2.27. The summed E-state index contributed by atoms with van der Waals surface area (Å²) < 4.78 is 5.20. The van der Waals surface area contributed by atoms with Crippen LogP contribution in [0.4, 0.5) is 5.69 Å². The molecule has 23 heavy (non-hydrogen) atoms. The topological polar surface area (TPSA) is 63.7 Å². The summed E-state index contributed by atoms with van der Waals surface area (Å²) in [6.07, 6.45) is 0. The molecule has 116 valence electrons. The van der Waals surface area contributed by atoms with Gasteiger partial charge in [-0.1, -0.05) is 42.0 Å². The van der Waals surface area contributed by atoms with Crippen LogP contribution < -0.4 is 4.90 Å². The van der Waals surface area contributed by atoms with Crippen LogP contribution in [0.2, 0.25) is 0 Å². The molecule has 2 aromatic carbocycles. The predicted molar refractivity (Wildman–Crippen MR) is 84.1 cm³/mol. The van der Waals surface area contributed by atoms with Gasteiger partial charge < -0.3 is 4.74 Å². The van der Waals surface area contributed by atoms with Crippen molar-refractivity contribution in [1.82, 2.24) is 0 Å². The van der Waals surface area contributed by atoms with Gasteiger partial charge in [0.2, 0.25) is 0 Å². The van der Waals surface area contributed by atoms with Crippen LogP contribution in [-0.2, 0) is 20.9 Å². The average molecular weight is 309 g/mol. The highest BCUT2D eigenvalue weighted by Gasteiger charge is 2.36. The lowest BCUT2D eigenvalue weighted by molar-refractivity contribution is -0.143. The molecule has 0 saturated heterocycles. The molecule has 5 heteroatoms. The van der Waals surface area contributed by atoms with Crippen molar-refractivity contribution in [3.63, 3.8) is 0 Å². The Bertz CT molecular complexity index is 797. The van der Waals surface area contributed by atoms with E-state index in [2.05, 4.69) is 0 Å². The summed E-state index contributed by atoms with van der Waals surface area (Å²) in [7, 11) is 0. The number of amides is 1. The third kappa shape index (κ3) is 2.99. The SMILES string of the molecule is Cc1cccc(COC(=O)CN2C(=O)C(=O)c3ccccc32)c1. The second-order valence-corrected chi connectivity index (χ2v) is 5.39. The Balaban J connectivity index is 1.66. The van der Waals surface area contributed by atoms with E-state index < -0.39 is 17.7 Å². The third-order valence-electron chi connectivity index (χ3n) is 3.65. The normalized spacial score (nSPS) is 13.2. The van der Waals surface area contributed by atoms with Crippen molar-refractivity contribution >= 4 is 23.3 Å². The lowest BCUT2D eigenvalue weighted by Gasteiger charge is -2.15. The fourth-order valence-electron chi connectivity index (χ4n) is 2.55. The highest BCUT2D eigenvalue weighted by molar-refractivity contribution is 6.52. The van der Waals surface area contributed by atoms with Gasteiger partial charge in [0.05, 0.1) is 11.3 Å². The van der Waals surface area contributed by atoms with Gasteiger partial charge in [0.15, 0.2) is 0 Å². The highest BCUT2D eigenvalue weighted by atomic mass is 16.5. The lowest BCUT2D eigenvalue weighted by Crippen LogP contribution is -2.35. The summed E-state index contributed by atoms with van der Waals surface area (Å²) in [6.45, 7) is 1.82. The number of Topliss-reactive ketones (excluding diaryl/α,β-unsaturated/α-hetero) is 1. The quantitative estimate of drug-likeness (QED) is 0.642. The molecule has 0 aliphatic carbocycles. The van der Waals surface area contributed by atoms with Gasteiger partial charge in [-0.15, -0.1) is 0 Å². The number of hydrogen-bond acceptors (Lipinski definition) is 4. The van der Waals surface area contributed by atoms with E-state index in [-0.39, 0.29) is 13.2 Å². The molecule has 0 spiro atoms. The average Bonchev–Trinajstić information content (AvgIpc) is 2.79. The molecular weight excluding hydrogens is 294 g/mol. The Morgan fingerprint density at radius 1 is 1.09 bits per heavy atom. The number of esters is 1. The smallest absolute Gasteiger partial charge is 0.326 e. The molecule has 3 rings (SSSR count). The van der Waals surface area contributed by atoms with E-state index in [0.717, 1.165) is 16.0 Å². The molecule has 2 aromatic rings. The minimum atomic E-state index is -0.696. The molecule has 0 radical (unpaired) electrons. The van der Waals surface area contributed by atoms with Crippen molar-refractivity contribution in [2.75, 3.05) is 11.4 Å². The number of carbonyl (C=O) groups excluding carboxylic acids is 3. The van der Waals surface area contributed by atoms with E-state index in [1.807, 2.05) is 31.2 Å². The minimum absolute atomic E-state index is 0.137. The van der Waals surface area contributed by atoms with Crippen LogP contribution in [0.15, 0.2) is 48.5 Å². The van der Waals surface area contributed by atoms with Gasteiger partial charge >= 0.3 is 5.97 Å². The van der Waals surface area contributed by atoms with Gasteiger partial charge in [-0.3, -0.25) is 19.3 Å². The minimum Gasteiger partial charge on any atom is -0.459 e. The molecule has 5 nitrogen and oxygen atoms in total. The number of benzene rings is 2. The molecule has 1 aliphatic rings. The molecule has 0 atom stereocenters. The molecule has 0 N–H and O–H groups in total. The molecule has 0 bridgehead atoms. The number of rotatable bonds is 4. The van der Waals surface area contributed by atoms with Gasteiger partial charge in [-0.25, -0.2) is 0 Å². The molecule has 1 aliphatic heterocycles. The number of carbonyl (C=O) groups is 3. The molecule has 0 saturated carbocycles. The summed E-state index contributed by atoms with van der Waals surface area (Å²) in [5.74, 6) is -1.84. The lowest BCUT2D eigenvalue weighted by atomic mass is 10.1. The number of anilines is 1. The summed E-state index contributed by atoms with van der Waals surface area (Å²) in [5.41, 5.74) is 2.73. The zero-order valence-corrected chi connectivity index (χ0v) is 12.6. The first kappa shape index (κ1) is 15.0. The number of para-hydroxylation sites is 1. The van der Waals surface area contributed by atoms with Crippen molar-refractivity contribution in [2.24, 2.45) is 0 Å². The first-order valence-electron chi connectivity index (χ1n) is 7.22. The summed E-state index contributed by atoms with van der Waals surface area (Å²) in [4.78, 5) is 37.0. The number of fused-ring (bicyclic) bond motifs is 1. The van der Waals surface area contributed by atoms with E-state index in [1.54, 1.807) is 24.3 Å². The molecular formula is C18H15NO4. The molecule has 1 heterocycles. The van der Waals surface area contributed by atoms with Crippen LogP contribution in [-0.4, -0.2) is 24.2 Å². The van der Waals surface area contributed by atoms with E-state index in [4.69, 9.17) is 4.74 Å². The van der Waals surface area contributed by atoms with Gasteiger partial charge in [0.25, 0.3) is 11.7 Å². The largest absolute Gasteiger partial charge is 0.459 e. The first-order chi connectivity index (χ1) is 11.1. The fraction of sp³-hybridized carbons (Fsp3) is 0.167. The van der Waals surface area contributed by atoms with Crippen LogP contribution in [0.25, 0.3) is 0 Å². The molecule has 0 fully saturated rings. The maximum atomic E-state index is 12.0. The second kappa shape index (κ2) is 6.04. The van der Waals surface area contributed by atoms with Gasteiger partial charge in [0, 0.05) is 0 Å². The Morgan fingerprint density at radius 2 is 1.87 bits per heavy atom. The van der Waals surface area contributed by atoms with E-state index in [0.29, 0.717) is 11.3 Å².